The van der Waals surface area contributed by atoms with E-state index < -0.39 is 9.85 Å². The molecule has 1 saturated heterocycles. The Morgan fingerprint density at radius 3 is 2.39 bits per heavy atom. The van der Waals surface area contributed by atoms with Gasteiger partial charge in [-0.05, 0) is 24.5 Å². The number of hydrogen-bond acceptors (Lipinski definition) is 5. The zero-order chi connectivity index (χ0) is 16.4. The van der Waals surface area contributed by atoms with Crippen molar-refractivity contribution >= 4 is 17.1 Å². The van der Waals surface area contributed by atoms with Crippen LogP contribution in [0.25, 0.3) is 0 Å². The van der Waals surface area contributed by atoms with Crippen LogP contribution >= 0.6 is 0 Å². The lowest BCUT2D eigenvalue weighted by atomic mass is 10.0. The summed E-state index contributed by atoms with van der Waals surface area (Å²) >= 11 is 0. The van der Waals surface area contributed by atoms with Gasteiger partial charge in [-0.25, -0.2) is 0 Å². The molecule has 1 atom stereocenters. The number of hydrogen-bond donors (Lipinski definition) is 0. The van der Waals surface area contributed by atoms with Gasteiger partial charge in [0.1, 0.15) is 5.69 Å². The number of anilines is 1. The lowest BCUT2D eigenvalue weighted by molar-refractivity contribution is -0.393. The van der Waals surface area contributed by atoms with E-state index in [1.807, 2.05) is 35.2 Å². The van der Waals surface area contributed by atoms with Crippen molar-refractivity contribution in [1.29, 1.82) is 0 Å². The number of benzene rings is 2. The van der Waals surface area contributed by atoms with Gasteiger partial charge in [-0.3, -0.25) is 20.2 Å². The van der Waals surface area contributed by atoms with Gasteiger partial charge in [-0.15, -0.1) is 0 Å². The highest BCUT2D eigenvalue weighted by atomic mass is 16.6. The molecule has 0 amide bonds. The van der Waals surface area contributed by atoms with Crippen molar-refractivity contribution in [3.63, 3.8) is 0 Å². The predicted octanol–water partition coefficient (Wildman–Crippen LogP) is 3.84. The van der Waals surface area contributed by atoms with E-state index in [4.69, 9.17) is 0 Å². The van der Waals surface area contributed by atoms with Gasteiger partial charge in [0.05, 0.1) is 22.0 Å². The molecule has 7 heteroatoms. The summed E-state index contributed by atoms with van der Waals surface area (Å²) in [7, 11) is 0. The van der Waals surface area contributed by atoms with E-state index >= 15 is 0 Å². The molecule has 0 aliphatic carbocycles. The average Bonchev–Trinajstić information content (AvgIpc) is 3.04. The van der Waals surface area contributed by atoms with Gasteiger partial charge in [0.2, 0.25) is 0 Å². The van der Waals surface area contributed by atoms with Crippen LogP contribution in [0.3, 0.4) is 0 Å². The fraction of sp³-hybridized carbons (Fsp3) is 0.250. The van der Waals surface area contributed by atoms with Crippen molar-refractivity contribution < 1.29 is 9.85 Å². The van der Waals surface area contributed by atoms with E-state index in [0.717, 1.165) is 24.5 Å². The Balaban J connectivity index is 2.03. The Bertz CT molecular complexity index is 748. The second kappa shape index (κ2) is 6.04. The van der Waals surface area contributed by atoms with Crippen LogP contribution in [0.15, 0.2) is 48.5 Å². The van der Waals surface area contributed by atoms with Crippen LogP contribution in [0.1, 0.15) is 24.4 Å². The summed E-state index contributed by atoms with van der Waals surface area (Å²) in [5.74, 6) is 0. The predicted molar refractivity (Wildman–Crippen MR) is 85.5 cm³/mol. The molecule has 0 spiro atoms. The van der Waals surface area contributed by atoms with Gasteiger partial charge in [0.15, 0.2) is 0 Å². The Labute approximate surface area is 132 Å². The van der Waals surface area contributed by atoms with E-state index in [0.29, 0.717) is 12.2 Å². The zero-order valence-corrected chi connectivity index (χ0v) is 12.3. The SMILES string of the molecule is O=[N+]([O-])c1ccc(N2CCCC2c2ccccc2)c([N+](=O)[O-])c1. The summed E-state index contributed by atoms with van der Waals surface area (Å²) < 4.78 is 0. The molecule has 23 heavy (non-hydrogen) atoms. The number of rotatable bonds is 4. The molecule has 2 aromatic rings. The minimum Gasteiger partial charge on any atom is -0.359 e. The average molecular weight is 313 g/mol. The van der Waals surface area contributed by atoms with E-state index in [2.05, 4.69) is 0 Å². The Hall–Kier alpha value is -2.96. The smallest absolute Gasteiger partial charge is 0.299 e. The lowest BCUT2D eigenvalue weighted by Gasteiger charge is -2.26. The van der Waals surface area contributed by atoms with Crippen LogP contribution < -0.4 is 4.90 Å². The highest BCUT2D eigenvalue weighted by molar-refractivity contribution is 5.68. The summed E-state index contributed by atoms with van der Waals surface area (Å²) in [5, 5.41) is 22.2. The molecular weight excluding hydrogens is 298 g/mol. The first-order valence-corrected chi connectivity index (χ1v) is 7.32. The standard InChI is InChI=1S/C16H15N3O4/c20-18(21)13-8-9-15(16(11-13)19(22)23)17-10-4-7-14(17)12-5-2-1-3-6-12/h1-3,5-6,8-9,11,14H,4,7,10H2. The van der Waals surface area contributed by atoms with Crippen LogP contribution in [-0.2, 0) is 0 Å². The van der Waals surface area contributed by atoms with Crippen molar-refractivity contribution in [1.82, 2.24) is 0 Å². The second-order valence-corrected chi connectivity index (χ2v) is 5.45. The molecule has 0 aromatic heterocycles. The van der Waals surface area contributed by atoms with Crippen molar-refractivity contribution in [2.24, 2.45) is 0 Å². The first-order chi connectivity index (χ1) is 11.1. The first-order valence-electron chi connectivity index (χ1n) is 7.32. The molecule has 1 aliphatic heterocycles. The molecular formula is C16H15N3O4. The maximum Gasteiger partial charge on any atom is 0.299 e. The van der Waals surface area contributed by atoms with Gasteiger partial charge >= 0.3 is 0 Å². The quantitative estimate of drug-likeness (QED) is 0.632. The van der Waals surface area contributed by atoms with Gasteiger partial charge in [-0.1, -0.05) is 30.3 Å². The van der Waals surface area contributed by atoms with Crippen molar-refractivity contribution in [2.45, 2.75) is 18.9 Å². The highest BCUT2D eigenvalue weighted by Crippen LogP contribution is 2.41. The summed E-state index contributed by atoms with van der Waals surface area (Å²) in [6.07, 6.45) is 1.83. The molecule has 1 unspecified atom stereocenters. The van der Waals surface area contributed by atoms with Crippen molar-refractivity contribution in [3.05, 3.63) is 74.3 Å². The summed E-state index contributed by atoms with van der Waals surface area (Å²) in [4.78, 5) is 23.0. The fourth-order valence-corrected chi connectivity index (χ4v) is 3.09. The lowest BCUT2D eigenvalue weighted by Crippen LogP contribution is -2.23. The molecule has 0 saturated carbocycles. The second-order valence-electron chi connectivity index (χ2n) is 5.45. The minimum absolute atomic E-state index is 0.0522. The molecule has 0 bridgehead atoms. The van der Waals surface area contributed by atoms with E-state index in [-0.39, 0.29) is 17.4 Å². The topological polar surface area (TPSA) is 89.5 Å². The van der Waals surface area contributed by atoms with Crippen LogP contribution in [-0.4, -0.2) is 16.4 Å². The summed E-state index contributed by atoms with van der Waals surface area (Å²) in [5.41, 5.74) is 1.04. The van der Waals surface area contributed by atoms with Crippen molar-refractivity contribution in [2.75, 3.05) is 11.4 Å². The van der Waals surface area contributed by atoms with Crippen LogP contribution in [0.4, 0.5) is 17.1 Å². The Morgan fingerprint density at radius 2 is 1.74 bits per heavy atom. The molecule has 0 N–H and O–H groups in total. The first kappa shape index (κ1) is 15.0. The maximum atomic E-state index is 11.4. The molecule has 1 heterocycles. The maximum absolute atomic E-state index is 11.4. The number of nitro benzene ring substituents is 2. The molecule has 0 radical (unpaired) electrons. The van der Waals surface area contributed by atoms with Crippen LogP contribution in [0.5, 0.6) is 0 Å². The monoisotopic (exact) mass is 313 g/mol. The third-order valence-electron chi connectivity index (χ3n) is 4.11. The molecule has 1 aliphatic rings. The number of nitrogens with zero attached hydrogens (tertiary/aromatic N) is 3. The van der Waals surface area contributed by atoms with E-state index in [9.17, 15) is 20.2 Å². The molecule has 7 nitrogen and oxygen atoms in total. The van der Waals surface area contributed by atoms with Gasteiger partial charge in [0.25, 0.3) is 11.4 Å². The molecule has 2 aromatic carbocycles. The van der Waals surface area contributed by atoms with E-state index in [1.165, 1.54) is 12.1 Å². The van der Waals surface area contributed by atoms with Gasteiger partial charge in [0, 0.05) is 12.6 Å². The molecule has 1 fully saturated rings. The third kappa shape index (κ3) is 2.85. The highest BCUT2D eigenvalue weighted by Gasteiger charge is 2.31. The Morgan fingerprint density at radius 1 is 1.00 bits per heavy atom. The normalized spacial score (nSPS) is 17.2. The third-order valence-corrected chi connectivity index (χ3v) is 4.11. The largest absolute Gasteiger partial charge is 0.359 e. The number of nitro groups is 2. The van der Waals surface area contributed by atoms with Crippen molar-refractivity contribution in [3.8, 4) is 0 Å². The van der Waals surface area contributed by atoms with Crippen LogP contribution in [0.2, 0.25) is 0 Å². The minimum atomic E-state index is -0.616. The van der Waals surface area contributed by atoms with Gasteiger partial charge < -0.3 is 4.90 Å². The van der Waals surface area contributed by atoms with Gasteiger partial charge in [-0.2, -0.15) is 0 Å². The summed E-state index contributed by atoms with van der Waals surface area (Å²) in [6, 6.07) is 13.7. The zero-order valence-electron chi connectivity index (χ0n) is 12.3. The Kier molecular flexibility index (Phi) is 3.92. The number of non-ortho nitro benzene ring substituents is 1. The molecule has 118 valence electrons. The molecule has 3 rings (SSSR count). The summed E-state index contributed by atoms with van der Waals surface area (Å²) in [6.45, 7) is 0.693. The van der Waals surface area contributed by atoms with E-state index in [1.54, 1.807) is 0 Å². The van der Waals surface area contributed by atoms with Crippen LogP contribution in [0, 0.1) is 20.2 Å². The fourth-order valence-electron chi connectivity index (χ4n) is 3.09.